The van der Waals surface area contributed by atoms with E-state index in [0.29, 0.717) is 17.1 Å². The lowest BCUT2D eigenvalue weighted by atomic mass is 10.1. The van der Waals surface area contributed by atoms with Crippen molar-refractivity contribution < 1.29 is 19.1 Å². The van der Waals surface area contributed by atoms with Gasteiger partial charge in [0.25, 0.3) is 5.91 Å². The molecule has 1 aliphatic rings. The number of carbonyl (C=O) groups is 3. The van der Waals surface area contributed by atoms with E-state index >= 15 is 0 Å². The van der Waals surface area contributed by atoms with E-state index in [1.165, 1.54) is 4.90 Å². The Labute approximate surface area is 171 Å². The van der Waals surface area contributed by atoms with Gasteiger partial charge in [0.05, 0.1) is 5.92 Å². The maximum atomic E-state index is 12.1. The third kappa shape index (κ3) is 4.69. The van der Waals surface area contributed by atoms with E-state index in [1.54, 1.807) is 30.3 Å². The molecule has 0 saturated carbocycles. The molecule has 0 aromatic heterocycles. The first-order valence-electron chi connectivity index (χ1n) is 8.72. The standard InChI is InChI=1S/C20H20BrN3O4/c1-12-8-14(2-7-17(12)21)23-18(25)11-28-16-5-3-15(4-6-16)24-10-13(20(22)27)9-19(24)26/h2-8,13H,9-11H2,1H3,(H2,22,27)(H,23,25). The van der Waals surface area contributed by atoms with Crippen LogP contribution in [-0.4, -0.2) is 30.9 Å². The van der Waals surface area contributed by atoms with Crippen LogP contribution in [0, 0.1) is 12.8 Å². The summed E-state index contributed by atoms with van der Waals surface area (Å²) in [5, 5.41) is 2.78. The zero-order valence-electron chi connectivity index (χ0n) is 15.3. The number of hydrogen-bond acceptors (Lipinski definition) is 4. The first kappa shape index (κ1) is 19.9. The minimum atomic E-state index is -0.470. The van der Waals surface area contributed by atoms with Gasteiger partial charge in [-0.3, -0.25) is 14.4 Å². The molecule has 1 aliphatic heterocycles. The fourth-order valence-corrected chi connectivity index (χ4v) is 3.19. The summed E-state index contributed by atoms with van der Waals surface area (Å²) in [6, 6.07) is 12.3. The molecule has 0 aliphatic carbocycles. The molecule has 0 bridgehead atoms. The highest BCUT2D eigenvalue weighted by Gasteiger charge is 2.33. The van der Waals surface area contributed by atoms with Crippen LogP contribution in [0.4, 0.5) is 11.4 Å². The highest BCUT2D eigenvalue weighted by Crippen LogP contribution is 2.26. The number of rotatable bonds is 6. The molecule has 28 heavy (non-hydrogen) atoms. The predicted octanol–water partition coefficient (Wildman–Crippen LogP) is 2.61. The van der Waals surface area contributed by atoms with Gasteiger partial charge in [0.2, 0.25) is 11.8 Å². The average Bonchev–Trinajstić information content (AvgIpc) is 3.06. The van der Waals surface area contributed by atoms with Crippen molar-refractivity contribution in [1.82, 2.24) is 0 Å². The summed E-state index contributed by atoms with van der Waals surface area (Å²) in [4.78, 5) is 36.9. The number of anilines is 2. The Morgan fingerprint density at radius 1 is 1.25 bits per heavy atom. The van der Waals surface area contributed by atoms with Crippen LogP contribution in [-0.2, 0) is 14.4 Å². The number of hydrogen-bond donors (Lipinski definition) is 2. The van der Waals surface area contributed by atoms with Gasteiger partial charge in [-0.25, -0.2) is 0 Å². The fourth-order valence-electron chi connectivity index (χ4n) is 2.94. The maximum absolute atomic E-state index is 12.1. The molecule has 1 saturated heterocycles. The lowest BCUT2D eigenvalue weighted by Gasteiger charge is -2.16. The smallest absolute Gasteiger partial charge is 0.262 e. The normalized spacial score (nSPS) is 16.1. The van der Waals surface area contributed by atoms with Crippen LogP contribution in [0.5, 0.6) is 5.75 Å². The quantitative estimate of drug-likeness (QED) is 0.712. The van der Waals surface area contributed by atoms with Gasteiger partial charge in [0.15, 0.2) is 6.61 Å². The molecule has 2 aromatic carbocycles. The maximum Gasteiger partial charge on any atom is 0.262 e. The van der Waals surface area contributed by atoms with Gasteiger partial charge in [0, 0.05) is 28.8 Å². The number of primary amides is 1. The molecule has 1 fully saturated rings. The number of benzene rings is 2. The van der Waals surface area contributed by atoms with E-state index in [-0.39, 0.29) is 31.4 Å². The van der Waals surface area contributed by atoms with Gasteiger partial charge in [-0.2, -0.15) is 0 Å². The summed E-state index contributed by atoms with van der Waals surface area (Å²) >= 11 is 3.42. The zero-order valence-corrected chi connectivity index (χ0v) is 16.9. The van der Waals surface area contributed by atoms with Crippen molar-refractivity contribution in [2.24, 2.45) is 11.7 Å². The number of nitrogens with two attached hydrogens (primary N) is 1. The lowest BCUT2D eigenvalue weighted by molar-refractivity contribution is -0.123. The van der Waals surface area contributed by atoms with Gasteiger partial charge in [-0.1, -0.05) is 15.9 Å². The molecule has 0 radical (unpaired) electrons. The van der Waals surface area contributed by atoms with Crippen molar-refractivity contribution in [3.8, 4) is 5.75 Å². The molecule has 146 valence electrons. The topological polar surface area (TPSA) is 102 Å². The van der Waals surface area contributed by atoms with E-state index in [1.807, 2.05) is 19.1 Å². The molecular weight excluding hydrogens is 426 g/mol. The van der Waals surface area contributed by atoms with E-state index in [9.17, 15) is 14.4 Å². The van der Waals surface area contributed by atoms with Crippen molar-refractivity contribution in [2.75, 3.05) is 23.4 Å². The van der Waals surface area contributed by atoms with Gasteiger partial charge in [-0.15, -0.1) is 0 Å². The molecular formula is C20H20BrN3O4. The second kappa shape index (κ2) is 8.43. The van der Waals surface area contributed by atoms with Crippen molar-refractivity contribution in [3.63, 3.8) is 0 Å². The number of nitrogens with zero attached hydrogens (tertiary/aromatic N) is 1. The summed E-state index contributed by atoms with van der Waals surface area (Å²) in [7, 11) is 0. The van der Waals surface area contributed by atoms with Crippen LogP contribution in [0.1, 0.15) is 12.0 Å². The third-order valence-electron chi connectivity index (χ3n) is 4.49. The van der Waals surface area contributed by atoms with Gasteiger partial charge in [-0.05, 0) is 55.0 Å². The van der Waals surface area contributed by atoms with Crippen LogP contribution < -0.4 is 20.7 Å². The predicted molar refractivity (Wildman–Crippen MR) is 109 cm³/mol. The molecule has 1 heterocycles. The Balaban J connectivity index is 1.54. The SMILES string of the molecule is Cc1cc(NC(=O)COc2ccc(N3CC(C(N)=O)CC3=O)cc2)ccc1Br. The Kier molecular flexibility index (Phi) is 5.99. The summed E-state index contributed by atoms with van der Waals surface area (Å²) in [5.74, 6) is -0.840. The first-order chi connectivity index (χ1) is 13.3. The Hall–Kier alpha value is -2.87. The highest BCUT2D eigenvalue weighted by molar-refractivity contribution is 9.10. The van der Waals surface area contributed by atoms with Crippen LogP contribution in [0.15, 0.2) is 46.9 Å². The molecule has 0 spiro atoms. The van der Waals surface area contributed by atoms with E-state index < -0.39 is 11.8 Å². The number of ether oxygens (including phenoxy) is 1. The van der Waals surface area contributed by atoms with Gasteiger partial charge >= 0.3 is 0 Å². The minimum absolute atomic E-state index is 0.128. The Morgan fingerprint density at radius 3 is 2.57 bits per heavy atom. The van der Waals surface area contributed by atoms with Crippen LogP contribution >= 0.6 is 15.9 Å². The van der Waals surface area contributed by atoms with Gasteiger partial charge < -0.3 is 20.7 Å². The Bertz CT molecular complexity index is 914. The van der Waals surface area contributed by atoms with Crippen molar-refractivity contribution in [3.05, 3.63) is 52.5 Å². The molecule has 1 atom stereocenters. The van der Waals surface area contributed by atoms with Gasteiger partial charge in [0.1, 0.15) is 5.75 Å². The van der Waals surface area contributed by atoms with Crippen LogP contribution in [0.25, 0.3) is 0 Å². The fraction of sp³-hybridized carbons (Fsp3) is 0.250. The monoisotopic (exact) mass is 445 g/mol. The molecule has 7 nitrogen and oxygen atoms in total. The summed E-state index contributed by atoms with van der Waals surface area (Å²) in [5.41, 5.74) is 7.66. The second-order valence-corrected chi connectivity index (χ2v) is 7.46. The number of amides is 3. The second-order valence-electron chi connectivity index (χ2n) is 6.60. The molecule has 3 N–H and O–H groups in total. The van der Waals surface area contributed by atoms with E-state index in [0.717, 1.165) is 10.0 Å². The first-order valence-corrected chi connectivity index (χ1v) is 9.51. The number of carbonyl (C=O) groups excluding carboxylic acids is 3. The Morgan fingerprint density at radius 2 is 1.96 bits per heavy atom. The lowest BCUT2D eigenvalue weighted by Crippen LogP contribution is -2.28. The van der Waals surface area contributed by atoms with Crippen molar-refractivity contribution in [1.29, 1.82) is 0 Å². The van der Waals surface area contributed by atoms with Crippen molar-refractivity contribution >= 4 is 45.0 Å². The summed E-state index contributed by atoms with van der Waals surface area (Å²) < 4.78 is 6.47. The number of halogens is 1. The number of nitrogens with one attached hydrogen (secondary N) is 1. The summed E-state index contributed by atoms with van der Waals surface area (Å²) in [6.07, 6.45) is 0.128. The zero-order chi connectivity index (χ0) is 20.3. The molecule has 3 amide bonds. The van der Waals surface area contributed by atoms with Crippen LogP contribution in [0.3, 0.4) is 0 Å². The minimum Gasteiger partial charge on any atom is -0.484 e. The molecule has 1 unspecified atom stereocenters. The van der Waals surface area contributed by atoms with Crippen LogP contribution in [0.2, 0.25) is 0 Å². The number of aryl methyl sites for hydroxylation is 1. The average molecular weight is 446 g/mol. The van der Waals surface area contributed by atoms with E-state index in [2.05, 4.69) is 21.2 Å². The third-order valence-corrected chi connectivity index (χ3v) is 5.38. The largest absolute Gasteiger partial charge is 0.484 e. The molecule has 3 rings (SSSR count). The highest BCUT2D eigenvalue weighted by atomic mass is 79.9. The molecule has 8 heteroatoms. The van der Waals surface area contributed by atoms with Crippen molar-refractivity contribution in [2.45, 2.75) is 13.3 Å². The van der Waals surface area contributed by atoms with E-state index in [4.69, 9.17) is 10.5 Å². The summed E-state index contributed by atoms with van der Waals surface area (Å²) in [6.45, 7) is 2.08. The molecule has 2 aromatic rings.